The van der Waals surface area contributed by atoms with Gasteiger partial charge in [0.2, 0.25) is 5.91 Å². The van der Waals surface area contributed by atoms with Crippen LogP contribution in [0.2, 0.25) is 0 Å². The van der Waals surface area contributed by atoms with Crippen molar-refractivity contribution in [3.05, 3.63) is 78.8 Å². The van der Waals surface area contributed by atoms with E-state index in [1.54, 1.807) is 18.3 Å². The Bertz CT molecular complexity index is 803. The van der Waals surface area contributed by atoms with E-state index >= 15 is 0 Å². The fourth-order valence-electron chi connectivity index (χ4n) is 2.40. The summed E-state index contributed by atoms with van der Waals surface area (Å²) in [7, 11) is 1.63. The van der Waals surface area contributed by atoms with Crippen molar-refractivity contribution in [2.45, 2.75) is 11.4 Å². The van der Waals surface area contributed by atoms with Crippen LogP contribution in [0, 0.1) is 0 Å². The summed E-state index contributed by atoms with van der Waals surface area (Å²) < 4.78 is 10.6. The maximum atomic E-state index is 12.8. The van der Waals surface area contributed by atoms with E-state index in [4.69, 9.17) is 9.15 Å². The third kappa shape index (κ3) is 4.67. The van der Waals surface area contributed by atoms with Crippen molar-refractivity contribution in [2.24, 2.45) is 0 Å². The van der Waals surface area contributed by atoms with Crippen LogP contribution >= 0.6 is 11.8 Å². The smallest absolute Gasteiger partial charge is 0.237 e. The number of nitrogens with zero attached hydrogens (tertiary/aromatic N) is 1. The summed E-state index contributed by atoms with van der Waals surface area (Å²) in [5.74, 6) is 1.90. The van der Waals surface area contributed by atoms with E-state index in [0.717, 1.165) is 22.1 Å². The van der Waals surface area contributed by atoms with Gasteiger partial charge in [-0.05, 0) is 42.5 Å². The molecule has 25 heavy (non-hydrogen) atoms. The molecule has 0 N–H and O–H groups in total. The van der Waals surface area contributed by atoms with Gasteiger partial charge in [0.25, 0.3) is 0 Å². The second-order valence-electron chi connectivity index (χ2n) is 5.36. The molecule has 0 aliphatic carbocycles. The minimum Gasteiger partial charge on any atom is -0.497 e. The van der Waals surface area contributed by atoms with Crippen LogP contribution in [-0.4, -0.2) is 18.8 Å². The first-order chi connectivity index (χ1) is 12.3. The van der Waals surface area contributed by atoms with Crippen LogP contribution in [0.25, 0.3) is 0 Å². The lowest BCUT2D eigenvalue weighted by Gasteiger charge is -2.21. The van der Waals surface area contributed by atoms with Gasteiger partial charge in [-0.3, -0.25) is 4.79 Å². The minimum absolute atomic E-state index is 0.0235. The Kier molecular flexibility index (Phi) is 5.80. The van der Waals surface area contributed by atoms with Gasteiger partial charge in [0.15, 0.2) is 0 Å². The van der Waals surface area contributed by atoms with Crippen molar-refractivity contribution in [2.75, 3.05) is 17.8 Å². The predicted molar refractivity (Wildman–Crippen MR) is 100 cm³/mol. The molecule has 0 spiro atoms. The first-order valence-corrected chi connectivity index (χ1v) is 8.89. The highest BCUT2D eigenvalue weighted by Crippen LogP contribution is 2.25. The first kappa shape index (κ1) is 17.2. The molecule has 0 radical (unpaired) electrons. The lowest BCUT2D eigenvalue weighted by atomic mass is 10.2. The quantitative estimate of drug-likeness (QED) is 0.582. The number of ether oxygens (including phenoxy) is 1. The molecule has 4 nitrogen and oxygen atoms in total. The number of amides is 1. The van der Waals surface area contributed by atoms with Gasteiger partial charge in [-0.15, -0.1) is 11.8 Å². The summed E-state index contributed by atoms with van der Waals surface area (Å²) in [6, 6.07) is 21.0. The number of carbonyl (C=O) groups is 1. The van der Waals surface area contributed by atoms with Crippen molar-refractivity contribution in [3.8, 4) is 5.75 Å². The van der Waals surface area contributed by atoms with Crippen molar-refractivity contribution in [3.63, 3.8) is 0 Å². The van der Waals surface area contributed by atoms with Gasteiger partial charge >= 0.3 is 0 Å². The van der Waals surface area contributed by atoms with Crippen LogP contribution in [0.4, 0.5) is 5.69 Å². The Morgan fingerprint density at radius 1 is 1.08 bits per heavy atom. The fraction of sp³-hybridized carbons (Fsp3) is 0.150. The monoisotopic (exact) mass is 353 g/mol. The van der Waals surface area contributed by atoms with Gasteiger partial charge < -0.3 is 14.1 Å². The average molecular weight is 353 g/mol. The van der Waals surface area contributed by atoms with E-state index in [0.29, 0.717) is 12.3 Å². The molecule has 1 heterocycles. The molecule has 128 valence electrons. The zero-order chi connectivity index (χ0) is 17.5. The zero-order valence-electron chi connectivity index (χ0n) is 13.9. The van der Waals surface area contributed by atoms with Crippen molar-refractivity contribution < 1.29 is 13.9 Å². The van der Waals surface area contributed by atoms with Gasteiger partial charge in [-0.2, -0.15) is 0 Å². The molecule has 0 atom stereocenters. The average Bonchev–Trinajstić information content (AvgIpc) is 3.18. The summed E-state index contributed by atoms with van der Waals surface area (Å²) >= 11 is 1.49. The first-order valence-electron chi connectivity index (χ1n) is 7.91. The Morgan fingerprint density at radius 3 is 2.64 bits per heavy atom. The number of furan rings is 1. The highest BCUT2D eigenvalue weighted by atomic mass is 32.2. The lowest BCUT2D eigenvalue weighted by Crippen LogP contribution is -2.31. The molecule has 3 rings (SSSR count). The van der Waals surface area contributed by atoms with Crippen LogP contribution in [0.3, 0.4) is 0 Å². The molecule has 0 bridgehead atoms. The van der Waals surface area contributed by atoms with Crippen LogP contribution in [0.5, 0.6) is 5.75 Å². The highest BCUT2D eigenvalue weighted by Gasteiger charge is 2.17. The summed E-state index contributed by atoms with van der Waals surface area (Å²) in [4.78, 5) is 15.6. The van der Waals surface area contributed by atoms with Gasteiger partial charge in [-0.25, -0.2) is 0 Å². The maximum Gasteiger partial charge on any atom is 0.237 e. The van der Waals surface area contributed by atoms with Crippen molar-refractivity contribution in [1.82, 2.24) is 0 Å². The third-order valence-electron chi connectivity index (χ3n) is 3.67. The van der Waals surface area contributed by atoms with Crippen LogP contribution in [-0.2, 0) is 11.3 Å². The predicted octanol–water partition coefficient (Wildman–Crippen LogP) is 4.61. The Morgan fingerprint density at radius 2 is 1.92 bits per heavy atom. The molecule has 0 saturated carbocycles. The van der Waals surface area contributed by atoms with E-state index in [9.17, 15) is 4.79 Å². The number of methoxy groups -OCH3 is 1. The van der Waals surface area contributed by atoms with E-state index in [2.05, 4.69) is 0 Å². The van der Waals surface area contributed by atoms with E-state index in [1.807, 2.05) is 66.7 Å². The summed E-state index contributed by atoms with van der Waals surface area (Å²) in [6.45, 7) is 0.411. The van der Waals surface area contributed by atoms with Gasteiger partial charge in [0.1, 0.15) is 11.5 Å². The second kappa shape index (κ2) is 8.44. The Labute approximate surface area is 151 Å². The number of para-hydroxylation sites is 1. The number of rotatable bonds is 7. The highest BCUT2D eigenvalue weighted by molar-refractivity contribution is 8.00. The number of anilines is 1. The molecule has 0 fully saturated rings. The van der Waals surface area contributed by atoms with E-state index in [-0.39, 0.29) is 5.91 Å². The normalized spacial score (nSPS) is 10.4. The molecule has 1 amide bonds. The Hall–Kier alpha value is -2.66. The van der Waals surface area contributed by atoms with Gasteiger partial charge in [0.05, 0.1) is 25.7 Å². The summed E-state index contributed by atoms with van der Waals surface area (Å²) in [6.07, 6.45) is 1.62. The van der Waals surface area contributed by atoms with Gasteiger partial charge in [0, 0.05) is 10.6 Å². The molecule has 0 aliphatic heterocycles. The largest absolute Gasteiger partial charge is 0.497 e. The lowest BCUT2D eigenvalue weighted by molar-refractivity contribution is -0.116. The maximum absolute atomic E-state index is 12.8. The minimum atomic E-state index is 0.0235. The Balaban J connectivity index is 1.72. The summed E-state index contributed by atoms with van der Waals surface area (Å²) in [5.41, 5.74) is 0.857. The number of benzene rings is 2. The van der Waals surface area contributed by atoms with Crippen LogP contribution in [0.1, 0.15) is 5.76 Å². The second-order valence-corrected chi connectivity index (χ2v) is 6.41. The SMILES string of the molecule is COc1cccc(SCC(=O)N(Cc2ccco2)c2ccccc2)c1. The van der Waals surface area contributed by atoms with E-state index < -0.39 is 0 Å². The number of hydrogen-bond donors (Lipinski definition) is 0. The zero-order valence-corrected chi connectivity index (χ0v) is 14.7. The topological polar surface area (TPSA) is 42.7 Å². The molecule has 5 heteroatoms. The standard InChI is InChI=1S/C20H19NO3S/c1-23-17-9-5-11-19(13-17)25-15-20(22)21(14-18-10-6-12-24-18)16-7-3-2-4-8-16/h2-13H,14-15H2,1H3. The van der Waals surface area contributed by atoms with Gasteiger partial charge in [-0.1, -0.05) is 24.3 Å². The van der Waals surface area contributed by atoms with Crippen molar-refractivity contribution in [1.29, 1.82) is 0 Å². The molecule has 1 aromatic heterocycles. The molecule has 0 unspecified atom stereocenters. The third-order valence-corrected chi connectivity index (χ3v) is 4.65. The number of hydrogen-bond acceptors (Lipinski definition) is 4. The summed E-state index contributed by atoms with van der Waals surface area (Å²) in [5, 5.41) is 0. The molecule has 0 saturated heterocycles. The fourth-order valence-corrected chi connectivity index (χ4v) is 3.22. The van der Waals surface area contributed by atoms with E-state index in [1.165, 1.54) is 11.8 Å². The molecular formula is C20H19NO3S. The van der Waals surface area contributed by atoms with Crippen LogP contribution in [0.15, 0.2) is 82.3 Å². The molecule has 2 aromatic carbocycles. The van der Waals surface area contributed by atoms with Crippen LogP contribution < -0.4 is 9.64 Å². The molecule has 3 aromatic rings. The van der Waals surface area contributed by atoms with Crippen molar-refractivity contribution >= 4 is 23.4 Å². The number of thioether (sulfide) groups is 1. The molecule has 0 aliphatic rings. The number of carbonyl (C=O) groups excluding carboxylic acids is 1. The molecular weight excluding hydrogens is 334 g/mol.